The summed E-state index contributed by atoms with van der Waals surface area (Å²) in [6, 6.07) is 14.2. The van der Waals surface area contributed by atoms with E-state index in [0.29, 0.717) is 11.3 Å². The van der Waals surface area contributed by atoms with Gasteiger partial charge in [-0.25, -0.2) is 9.59 Å². The van der Waals surface area contributed by atoms with Crippen molar-refractivity contribution in [2.75, 3.05) is 5.32 Å². The van der Waals surface area contributed by atoms with Crippen LogP contribution >= 0.6 is 0 Å². The van der Waals surface area contributed by atoms with Crippen molar-refractivity contribution in [3.63, 3.8) is 0 Å². The van der Waals surface area contributed by atoms with E-state index in [2.05, 4.69) is 10.6 Å². The smallest absolute Gasteiger partial charge is 0.330 e. The van der Waals surface area contributed by atoms with Gasteiger partial charge < -0.3 is 15.7 Å². The zero-order chi connectivity index (χ0) is 15.2. The number of benzene rings is 2. The molecule has 1 unspecified atom stereocenters. The molecule has 21 heavy (non-hydrogen) atoms. The number of para-hydroxylation sites is 1. The van der Waals surface area contributed by atoms with Crippen molar-refractivity contribution < 1.29 is 14.7 Å². The molecule has 0 aromatic heterocycles. The molecule has 2 aromatic rings. The Hall–Kier alpha value is -2.82. The summed E-state index contributed by atoms with van der Waals surface area (Å²) in [5.74, 6) is -1.11. The zero-order valence-corrected chi connectivity index (χ0v) is 11.5. The summed E-state index contributed by atoms with van der Waals surface area (Å²) in [5, 5.41) is 14.4. The SMILES string of the molecule is Cc1ccccc1NC(=O)NC(C(=O)O)c1ccccc1. The average Bonchev–Trinajstić information content (AvgIpc) is 2.48. The number of carbonyl (C=O) groups is 2. The number of amides is 2. The van der Waals surface area contributed by atoms with Crippen molar-refractivity contribution in [1.29, 1.82) is 0 Å². The highest BCUT2D eigenvalue weighted by atomic mass is 16.4. The van der Waals surface area contributed by atoms with Gasteiger partial charge in [-0.15, -0.1) is 0 Å². The molecule has 0 spiro atoms. The van der Waals surface area contributed by atoms with E-state index in [4.69, 9.17) is 0 Å². The second kappa shape index (κ2) is 6.56. The van der Waals surface area contributed by atoms with Crippen LogP contribution in [0, 0.1) is 6.92 Å². The van der Waals surface area contributed by atoms with Crippen molar-refractivity contribution in [2.24, 2.45) is 0 Å². The molecule has 5 heteroatoms. The van der Waals surface area contributed by atoms with E-state index in [0.717, 1.165) is 5.56 Å². The Bertz CT molecular complexity index is 641. The number of hydrogen-bond acceptors (Lipinski definition) is 2. The molecule has 2 aromatic carbocycles. The van der Waals surface area contributed by atoms with Crippen LogP contribution in [0.4, 0.5) is 10.5 Å². The van der Waals surface area contributed by atoms with Crippen LogP contribution in [0.2, 0.25) is 0 Å². The molecule has 0 aliphatic heterocycles. The summed E-state index contributed by atoms with van der Waals surface area (Å²) in [6.07, 6.45) is 0. The fraction of sp³-hybridized carbons (Fsp3) is 0.125. The highest BCUT2D eigenvalue weighted by Gasteiger charge is 2.21. The van der Waals surface area contributed by atoms with Gasteiger partial charge in [0.15, 0.2) is 6.04 Å². The van der Waals surface area contributed by atoms with Gasteiger partial charge >= 0.3 is 12.0 Å². The summed E-state index contributed by atoms with van der Waals surface area (Å²) >= 11 is 0. The van der Waals surface area contributed by atoms with Crippen LogP contribution in [0.25, 0.3) is 0 Å². The molecule has 0 aliphatic rings. The number of rotatable bonds is 4. The fourth-order valence-electron chi connectivity index (χ4n) is 1.94. The molecular weight excluding hydrogens is 268 g/mol. The number of carboxylic acid groups (broad SMARTS) is 1. The highest BCUT2D eigenvalue weighted by Crippen LogP contribution is 2.15. The molecule has 5 nitrogen and oxygen atoms in total. The van der Waals surface area contributed by atoms with Crippen molar-refractivity contribution in [2.45, 2.75) is 13.0 Å². The van der Waals surface area contributed by atoms with Crippen LogP contribution < -0.4 is 10.6 Å². The van der Waals surface area contributed by atoms with Gasteiger partial charge in [0.2, 0.25) is 0 Å². The molecule has 2 amide bonds. The third kappa shape index (κ3) is 3.82. The largest absolute Gasteiger partial charge is 0.479 e. The lowest BCUT2D eigenvalue weighted by Crippen LogP contribution is -2.36. The van der Waals surface area contributed by atoms with E-state index in [1.54, 1.807) is 42.5 Å². The normalized spacial score (nSPS) is 11.5. The van der Waals surface area contributed by atoms with Gasteiger partial charge in [0.05, 0.1) is 0 Å². The molecule has 0 saturated heterocycles. The molecule has 3 N–H and O–H groups in total. The first kappa shape index (κ1) is 14.6. The number of aliphatic carboxylic acids is 1. The minimum atomic E-state index is -1.11. The minimum Gasteiger partial charge on any atom is -0.479 e. The molecular formula is C16H16N2O3. The van der Waals surface area contributed by atoms with Crippen LogP contribution in [0.3, 0.4) is 0 Å². The Morgan fingerprint density at radius 3 is 2.24 bits per heavy atom. The first-order chi connectivity index (χ1) is 10.1. The lowest BCUT2D eigenvalue weighted by atomic mass is 10.1. The summed E-state index contributed by atoms with van der Waals surface area (Å²) < 4.78 is 0. The van der Waals surface area contributed by atoms with Gasteiger partial charge in [-0.2, -0.15) is 0 Å². The predicted octanol–water partition coefficient (Wildman–Crippen LogP) is 2.94. The van der Waals surface area contributed by atoms with Gasteiger partial charge in [-0.05, 0) is 24.1 Å². The van der Waals surface area contributed by atoms with Crippen LogP contribution in [-0.2, 0) is 4.79 Å². The van der Waals surface area contributed by atoms with Crippen molar-refractivity contribution >= 4 is 17.7 Å². The van der Waals surface area contributed by atoms with Crippen molar-refractivity contribution in [1.82, 2.24) is 5.32 Å². The van der Waals surface area contributed by atoms with Crippen LogP contribution in [0.1, 0.15) is 17.2 Å². The Morgan fingerprint density at radius 2 is 1.62 bits per heavy atom. The second-order valence-corrected chi connectivity index (χ2v) is 4.60. The summed E-state index contributed by atoms with van der Waals surface area (Å²) in [5.41, 5.74) is 2.07. The Morgan fingerprint density at radius 1 is 1.00 bits per heavy atom. The maximum Gasteiger partial charge on any atom is 0.330 e. The molecule has 108 valence electrons. The number of urea groups is 1. The maximum absolute atomic E-state index is 12.0. The third-order valence-electron chi connectivity index (χ3n) is 3.05. The predicted molar refractivity (Wildman–Crippen MR) is 80.2 cm³/mol. The lowest BCUT2D eigenvalue weighted by Gasteiger charge is -2.16. The molecule has 0 saturated carbocycles. The Balaban J connectivity index is 2.10. The second-order valence-electron chi connectivity index (χ2n) is 4.60. The standard InChI is InChI=1S/C16H16N2O3/c1-11-7-5-6-10-13(11)17-16(21)18-14(15(19)20)12-8-3-2-4-9-12/h2-10,14H,1H3,(H,19,20)(H2,17,18,21). The van der Waals surface area contributed by atoms with Crippen LogP contribution in [0.15, 0.2) is 54.6 Å². The molecule has 2 rings (SSSR count). The zero-order valence-electron chi connectivity index (χ0n) is 11.5. The molecule has 0 fully saturated rings. The highest BCUT2D eigenvalue weighted by molar-refractivity contribution is 5.93. The molecule has 0 radical (unpaired) electrons. The lowest BCUT2D eigenvalue weighted by molar-refractivity contribution is -0.139. The van der Waals surface area contributed by atoms with E-state index >= 15 is 0 Å². The Kier molecular flexibility index (Phi) is 4.56. The summed E-state index contributed by atoms with van der Waals surface area (Å²) in [6.45, 7) is 1.86. The van der Waals surface area contributed by atoms with Crippen LogP contribution in [0.5, 0.6) is 0 Å². The van der Waals surface area contributed by atoms with E-state index in [9.17, 15) is 14.7 Å². The van der Waals surface area contributed by atoms with E-state index in [1.807, 2.05) is 19.1 Å². The van der Waals surface area contributed by atoms with E-state index < -0.39 is 18.0 Å². The summed E-state index contributed by atoms with van der Waals surface area (Å²) in [4.78, 5) is 23.3. The van der Waals surface area contributed by atoms with Gasteiger partial charge in [-0.1, -0.05) is 48.5 Å². The maximum atomic E-state index is 12.0. The minimum absolute atomic E-state index is 0.518. The van der Waals surface area contributed by atoms with Gasteiger partial charge in [0, 0.05) is 5.69 Å². The molecule has 0 bridgehead atoms. The number of anilines is 1. The third-order valence-corrected chi connectivity index (χ3v) is 3.05. The number of carbonyl (C=O) groups excluding carboxylic acids is 1. The number of carboxylic acids is 1. The molecule has 0 heterocycles. The van der Waals surface area contributed by atoms with Crippen molar-refractivity contribution in [3.05, 3.63) is 65.7 Å². The first-order valence-electron chi connectivity index (χ1n) is 6.49. The first-order valence-corrected chi connectivity index (χ1v) is 6.49. The van der Waals surface area contributed by atoms with Gasteiger partial charge in [-0.3, -0.25) is 0 Å². The quantitative estimate of drug-likeness (QED) is 0.807. The number of hydrogen-bond donors (Lipinski definition) is 3. The Labute approximate surface area is 122 Å². The molecule has 0 aliphatic carbocycles. The van der Waals surface area contributed by atoms with Gasteiger partial charge in [0.1, 0.15) is 0 Å². The fourth-order valence-corrected chi connectivity index (χ4v) is 1.94. The topological polar surface area (TPSA) is 78.4 Å². The molecule has 1 atom stereocenters. The summed E-state index contributed by atoms with van der Waals surface area (Å²) in [7, 11) is 0. The van der Waals surface area contributed by atoms with Crippen molar-refractivity contribution in [3.8, 4) is 0 Å². The van der Waals surface area contributed by atoms with E-state index in [-0.39, 0.29) is 0 Å². The number of nitrogens with one attached hydrogen (secondary N) is 2. The van der Waals surface area contributed by atoms with E-state index in [1.165, 1.54) is 0 Å². The van der Waals surface area contributed by atoms with Gasteiger partial charge in [0.25, 0.3) is 0 Å². The average molecular weight is 284 g/mol. The monoisotopic (exact) mass is 284 g/mol. The number of aryl methyl sites for hydroxylation is 1. The van der Waals surface area contributed by atoms with Crippen LogP contribution in [-0.4, -0.2) is 17.1 Å².